The average Bonchev–Trinajstić information content (AvgIpc) is 2.65. The van der Waals surface area contributed by atoms with Gasteiger partial charge in [0.1, 0.15) is 0 Å². The Hall–Kier alpha value is -1.83. The molecule has 0 N–H and O–H groups in total. The van der Waals surface area contributed by atoms with Crippen LogP contribution in [0.4, 0.5) is 0 Å². The summed E-state index contributed by atoms with van der Waals surface area (Å²) in [6, 6.07) is 11.7. The van der Waals surface area contributed by atoms with Gasteiger partial charge in [-0.2, -0.15) is 0 Å². The van der Waals surface area contributed by atoms with Crippen LogP contribution in [0.5, 0.6) is 0 Å². The van der Waals surface area contributed by atoms with Crippen molar-refractivity contribution >= 4 is 5.78 Å². The molecule has 1 aromatic heterocycles. The molecule has 19 heavy (non-hydrogen) atoms. The third kappa shape index (κ3) is 2.23. The summed E-state index contributed by atoms with van der Waals surface area (Å²) in [5, 5.41) is 0. The number of aryl methyl sites for hydroxylation is 1. The minimum Gasteiger partial charge on any atom is -0.348 e. The van der Waals surface area contributed by atoms with E-state index in [1.54, 1.807) is 0 Å². The molecule has 0 saturated carbocycles. The molecule has 1 aromatic carbocycles. The number of nitrogens with zero attached hydrogens (tertiary/aromatic N) is 1. The van der Waals surface area contributed by atoms with Gasteiger partial charge in [0.15, 0.2) is 5.78 Å². The Bertz CT molecular complexity index is 595. The summed E-state index contributed by atoms with van der Waals surface area (Å²) in [6.07, 6.45) is 4.71. The van der Waals surface area contributed by atoms with E-state index in [9.17, 15) is 4.79 Å². The predicted molar refractivity (Wildman–Crippen MR) is 76.6 cm³/mol. The summed E-state index contributed by atoms with van der Waals surface area (Å²) in [5.41, 5.74) is 4.16. The molecule has 2 heterocycles. The van der Waals surface area contributed by atoms with Gasteiger partial charge in [0.25, 0.3) is 0 Å². The number of ketones is 1. The van der Waals surface area contributed by atoms with Crippen LogP contribution in [0.1, 0.15) is 46.6 Å². The van der Waals surface area contributed by atoms with Crippen molar-refractivity contribution in [3.05, 3.63) is 58.9 Å². The molecule has 2 aromatic rings. The van der Waals surface area contributed by atoms with E-state index in [-0.39, 0.29) is 5.78 Å². The van der Waals surface area contributed by atoms with Crippen LogP contribution in [0.2, 0.25) is 0 Å². The maximum atomic E-state index is 12.6. The van der Waals surface area contributed by atoms with Crippen molar-refractivity contribution in [2.24, 2.45) is 0 Å². The van der Waals surface area contributed by atoms with E-state index in [4.69, 9.17) is 0 Å². The molecule has 0 fully saturated rings. The van der Waals surface area contributed by atoms with Crippen LogP contribution in [0.25, 0.3) is 0 Å². The number of hydrogen-bond acceptors (Lipinski definition) is 1. The molecule has 0 saturated heterocycles. The van der Waals surface area contributed by atoms with Gasteiger partial charge >= 0.3 is 0 Å². The average molecular weight is 253 g/mol. The molecule has 1 aliphatic heterocycles. The lowest BCUT2D eigenvalue weighted by molar-refractivity contribution is 0.103. The van der Waals surface area contributed by atoms with Crippen LogP contribution in [-0.4, -0.2) is 10.4 Å². The summed E-state index contributed by atoms with van der Waals surface area (Å²) >= 11 is 0. The van der Waals surface area contributed by atoms with Crippen LogP contribution in [0.15, 0.2) is 36.4 Å². The second-order valence-electron chi connectivity index (χ2n) is 5.30. The molecule has 2 heteroatoms. The fourth-order valence-electron chi connectivity index (χ4n) is 2.99. The van der Waals surface area contributed by atoms with Crippen LogP contribution in [0, 0.1) is 6.92 Å². The summed E-state index contributed by atoms with van der Waals surface area (Å²) in [6.45, 7) is 3.17. The maximum Gasteiger partial charge on any atom is 0.194 e. The van der Waals surface area contributed by atoms with Gasteiger partial charge in [-0.1, -0.05) is 36.8 Å². The van der Waals surface area contributed by atoms with Crippen LogP contribution >= 0.6 is 0 Å². The monoisotopic (exact) mass is 253 g/mol. The highest BCUT2D eigenvalue weighted by Gasteiger charge is 2.20. The number of fused-ring (bicyclic) bond motifs is 1. The van der Waals surface area contributed by atoms with E-state index in [1.165, 1.54) is 30.7 Å². The zero-order valence-corrected chi connectivity index (χ0v) is 11.4. The second kappa shape index (κ2) is 5.04. The van der Waals surface area contributed by atoms with Gasteiger partial charge in [-0.15, -0.1) is 0 Å². The topological polar surface area (TPSA) is 22.0 Å². The van der Waals surface area contributed by atoms with Crippen molar-refractivity contribution in [3.8, 4) is 0 Å². The van der Waals surface area contributed by atoms with E-state index >= 15 is 0 Å². The summed E-state index contributed by atoms with van der Waals surface area (Å²) in [4.78, 5) is 12.6. The van der Waals surface area contributed by atoms with E-state index < -0.39 is 0 Å². The fraction of sp³-hybridized carbons (Fsp3) is 0.353. The van der Waals surface area contributed by atoms with E-state index in [2.05, 4.69) is 17.6 Å². The lowest BCUT2D eigenvalue weighted by atomic mass is 10.0. The Balaban J connectivity index is 2.04. The first kappa shape index (κ1) is 12.2. The van der Waals surface area contributed by atoms with E-state index in [0.717, 1.165) is 24.1 Å². The molecule has 3 rings (SSSR count). The highest BCUT2D eigenvalue weighted by Crippen LogP contribution is 2.24. The lowest BCUT2D eigenvalue weighted by Gasteiger charge is -2.08. The molecule has 0 amide bonds. The minimum absolute atomic E-state index is 0.166. The van der Waals surface area contributed by atoms with Gasteiger partial charge < -0.3 is 4.57 Å². The SMILES string of the molecule is Cc1cc(C(=O)c2ccccc2)c2n1CCCCC2. The molecule has 1 aliphatic rings. The normalized spacial score (nSPS) is 14.8. The van der Waals surface area contributed by atoms with Gasteiger partial charge in [-0.05, 0) is 32.3 Å². The second-order valence-corrected chi connectivity index (χ2v) is 5.30. The molecule has 0 radical (unpaired) electrons. The smallest absolute Gasteiger partial charge is 0.194 e. The number of hydrogen-bond donors (Lipinski definition) is 0. The lowest BCUT2D eigenvalue weighted by Crippen LogP contribution is -2.07. The zero-order valence-electron chi connectivity index (χ0n) is 11.4. The number of carbonyl (C=O) groups excluding carboxylic acids is 1. The maximum absolute atomic E-state index is 12.6. The Kier molecular flexibility index (Phi) is 3.24. The van der Waals surface area contributed by atoms with Crippen molar-refractivity contribution in [2.75, 3.05) is 0 Å². The Morgan fingerprint density at radius 3 is 2.68 bits per heavy atom. The first-order valence-electron chi connectivity index (χ1n) is 7.06. The van der Waals surface area contributed by atoms with Crippen molar-refractivity contribution in [1.29, 1.82) is 0 Å². The Morgan fingerprint density at radius 2 is 1.89 bits per heavy atom. The van der Waals surface area contributed by atoms with Gasteiger partial charge in [-0.3, -0.25) is 4.79 Å². The summed E-state index contributed by atoms with van der Waals surface area (Å²) in [5.74, 6) is 0.166. The fourth-order valence-corrected chi connectivity index (χ4v) is 2.99. The third-order valence-electron chi connectivity index (χ3n) is 3.99. The zero-order chi connectivity index (χ0) is 13.2. The molecular formula is C17H19NO. The van der Waals surface area contributed by atoms with Crippen LogP contribution in [-0.2, 0) is 13.0 Å². The summed E-state index contributed by atoms with van der Waals surface area (Å²) in [7, 11) is 0. The predicted octanol–water partition coefficient (Wildman–Crippen LogP) is 3.75. The highest BCUT2D eigenvalue weighted by atomic mass is 16.1. The third-order valence-corrected chi connectivity index (χ3v) is 3.99. The van der Waals surface area contributed by atoms with Crippen molar-refractivity contribution in [2.45, 2.75) is 39.2 Å². The first-order valence-corrected chi connectivity index (χ1v) is 7.06. The van der Waals surface area contributed by atoms with Crippen LogP contribution < -0.4 is 0 Å². The Labute approximate surface area is 114 Å². The molecule has 98 valence electrons. The molecule has 2 nitrogen and oxygen atoms in total. The van der Waals surface area contributed by atoms with Crippen molar-refractivity contribution in [1.82, 2.24) is 4.57 Å². The van der Waals surface area contributed by atoms with Crippen molar-refractivity contribution < 1.29 is 4.79 Å². The largest absolute Gasteiger partial charge is 0.348 e. The first-order chi connectivity index (χ1) is 9.27. The number of aromatic nitrogens is 1. The van der Waals surface area contributed by atoms with E-state index in [0.29, 0.717) is 0 Å². The molecule has 0 spiro atoms. The Morgan fingerprint density at radius 1 is 1.11 bits per heavy atom. The summed E-state index contributed by atoms with van der Waals surface area (Å²) < 4.78 is 2.34. The molecule has 0 unspecified atom stereocenters. The van der Waals surface area contributed by atoms with E-state index in [1.807, 2.05) is 30.3 Å². The van der Waals surface area contributed by atoms with Gasteiger partial charge in [-0.25, -0.2) is 0 Å². The van der Waals surface area contributed by atoms with Gasteiger partial charge in [0.05, 0.1) is 0 Å². The highest BCUT2D eigenvalue weighted by molar-refractivity contribution is 6.10. The molecular weight excluding hydrogens is 234 g/mol. The van der Waals surface area contributed by atoms with Crippen LogP contribution in [0.3, 0.4) is 0 Å². The number of benzene rings is 1. The number of rotatable bonds is 2. The number of carbonyl (C=O) groups is 1. The van der Waals surface area contributed by atoms with Crippen molar-refractivity contribution in [3.63, 3.8) is 0 Å². The molecule has 0 aliphatic carbocycles. The standard InChI is InChI=1S/C17H19NO/c1-13-12-15(16-10-6-3-7-11-18(13)16)17(19)14-8-4-2-5-9-14/h2,4-5,8-9,12H,3,6-7,10-11H2,1H3. The van der Waals surface area contributed by atoms with Gasteiger partial charge in [0, 0.05) is 29.1 Å². The quantitative estimate of drug-likeness (QED) is 0.747. The molecule has 0 bridgehead atoms. The minimum atomic E-state index is 0.166. The van der Waals surface area contributed by atoms with Gasteiger partial charge in [0.2, 0.25) is 0 Å². The molecule has 0 atom stereocenters.